The third-order valence-corrected chi connectivity index (χ3v) is 10.3. The SMILES string of the molecule is CC(C)(C)[Si](C)(C)OC1CCC(C#N)(O[Si](C)(C)C)CC1. The first-order valence-electron chi connectivity index (χ1n) is 8.10. The van der Waals surface area contributed by atoms with Crippen molar-refractivity contribution in [3.63, 3.8) is 0 Å². The van der Waals surface area contributed by atoms with Gasteiger partial charge in [0.2, 0.25) is 0 Å². The molecule has 0 unspecified atom stereocenters. The van der Waals surface area contributed by atoms with Crippen LogP contribution in [0, 0.1) is 11.3 Å². The van der Waals surface area contributed by atoms with Crippen LogP contribution < -0.4 is 0 Å². The molecule has 0 aromatic heterocycles. The van der Waals surface area contributed by atoms with Crippen molar-refractivity contribution in [1.82, 2.24) is 0 Å². The number of nitrogens with zero attached hydrogens (tertiary/aromatic N) is 1. The van der Waals surface area contributed by atoms with Gasteiger partial charge >= 0.3 is 0 Å². The Morgan fingerprint density at radius 2 is 1.52 bits per heavy atom. The zero-order valence-corrected chi connectivity index (χ0v) is 17.2. The largest absolute Gasteiger partial charge is 0.414 e. The molecular formula is C16H33NO2Si2. The lowest BCUT2D eigenvalue weighted by atomic mass is 9.84. The molecule has 0 heterocycles. The van der Waals surface area contributed by atoms with E-state index in [0.717, 1.165) is 25.7 Å². The van der Waals surface area contributed by atoms with Gasteiger partial charge in [-0.05, 0) is 63.5 Å². The Morgan fingerprint density at radius 3 is 1.86 bits per heavy atom. The van der Waals surface area contributed by atoms with E-state index in [4.69, 9.17) is 8.85 Å². The third-order valence-electron chi connectivity index (χ3n) is 4.71. The van der Waals surface area contributed by atoms with E-state index in [0.29, 0.717) is 6.10 Å². The Hall–Kier alpha value is -0.156. The van der Waals surface area contributed by atoms with Crippen LogP contribution in [0.4, 0.5) is 0 Å². The summed E-state index contributed by atoms with van der Waals surface area (Å²) in [6.07, 6.45) is 3.83. The third kappa shape index (κ3) is 5.20. The minimum atomic E-state index is -1.71. The van der Waals surface area contributed by atoms with Crippen LogP contribution in [0.1, 0.15) is 46.5 Å². The smallest absolute Gasteiger partial charge is 0.192 e. The molecule has 1 fully saturated rings. The fraction of sp³-hybridized carbons (Fsp3) is 0.938. The summed E-state index contributed by atoms with van der Waals surface area (Å²) < 4.78 is 12.7. The molecule has 0 aromatic rings. The van der Waals surface area contributed by atoms with Crippen molar-refractivity contribution in [2.24, 2.45) is 0 Å². The average molecular weight is 328 g/mol. The highest BCUT2D eigenvalue weighted by atomic mass is 28.4. The van der Waals surface area contributed by atoms with Crippen LogP contribution in [0.25, 0.3) is 0 Å². The maximum atomic E-state index is 9.57. The quantitative estimate of drug-likeness (QED) is 0.677. The highest BCUT2D eigenvalue weighted by Crippen LogP contribution is 2.41. The summed E-state index contributed by atoms with van der Waals surface area (Å²) in [5.41, 5.74) is -0.558. The molecule has 0 radical (unpaired) electrons. The van der Waals surface area contributed by atoms with Crippen molar-refractivity contribution in [3.05, 3.63) is 0 Å². The van der Waals surface area contributed by atoms with E-state index in [-0.39, 0.29) is 5.04 Å². The second-order valence-electron chi connectivity index (χ2n) is 8.90. The van der Waals surface area contributed by atoms with E-state index in [2.05, 4.69) is 59.6 Å². The van der Waals surface area contributed by atoms with E-state index in [1.807, 2.05) is 0 Å². The standard InChI is InChI=1S/C16H33NO2Si2/c1-15(2,3)21(7,8)18-14-9-11-16(13-17,12-10-14)19-20(4,5)6/h14H,9-12H2,1-8H3. The second kappa shape index (κ2) is 6.15. The predicted molar refractivity (Wildman–Crippen MR) is 93.3 cm³/mol. The Bertz CT molecular complexity index is 394. The molecule has 0 aliphatic heterocycles. The van der Waals surface area contributed by atoms with Gasteiger partial charge in [-0.25, -0.2) is 0 Å². The van der Waals surface area contributed by atoms with Crippen molar-refractivity contribution in [2.75, 3.05) is 0 Å². The van der Waals surface area contributed by atoms with Crippen molar-refractivity contribution < 1.29 is 8.85 Å². The van der Waals surface area contributed by atoms with Gasteiger partial charge in [-0.2, -0.15) is 5.26 Å². The molecule has 1 saturated carbocycles. The molecule has 5 heteroatoms. The Labute approximate surface area is 133 Å². The van der Waals surface area contributed by atoms with E-state index >= 15 is 0 Å². The summed E-state index contributed by atoms with van der Waals surface area (Å²) in [6, 6.07) is 2.46. The van der Waals surface area contributed by atoms with Crippen LogP contribution in [-0.2, 0) is 8.85 Å². The summed E-state index contributed by atoms with van der Waals surface area (Å²) in [7, 11) is -3.40. The Kier molecular flexibility index (Phi) is 5.53. The number of rotatable bonds is 4. The number of hydrogen-bond acceptors (Lipinski definition) is 3. The Morgan fingerprint density at radius 1 is 1.05 bits per heavy atom. The number of hydrogen-bond donors (Lipinski definition) is 0. The molecular weight excluding hydrogens is 294 g/mol. The molecule has 0 N–H and O–H groups in total. The molecule has 122 valence electrons. The fourth-order valence-electron chi connectivity index (χ4n) is 2.59. The molecule has 0 saturated heterocycles. The van der Waals surface area contributed by atoms with Gasteiger partial charge in [-0.15, -0.1) is 0 Å². The van der Waals surface area contributed by atoms with Crippen LogP contribution in [0.2, 0.25) is 37.8 Å². The zero-order chi connectivity index (χ0) is 16.5. The first-order valence-corrected chi connectivity index (χ1v) is 14.4. The summed E-state index contributed by atoms with van der Waals surface area (Å²) in [5.74, 6) is 0. The molecule has 0 atom stereocenters. The van der Waals surface area contributed by atoms with E-state index < -0.39 is 22.2 Å². The number of nitriles is 1. The summed E-state index contributed by atoms with van der Waals surface area (Å²) in [4.78, 5) is 0. The lowest BCUT2D eigenvalue weighted by Crippen LogP contribution is -2.49. The topological polar surface area (TPSA) is 42.2 Å². The minimum absolute atomic E-state index is 0.242. The normalized spacial score (nSPS) is 28.2. The van der Waals surface area contributed by atoms with Gasteiger partial charge < -0.3 is 8.85 Å². The highest BCUT2D eigenvalue weighted by molar-refractivity contribution is 6.74. The van der Waals surface area contributed by atoms with Gasteiger partial charge in [-0.3, -0.25) is 0 Å². The molecule has 1 aliphatic rings. The molecule has 0 spiro atoms. The Balaban J connectivity index is 2.66. The van der Waals surface area contributed by atoms with Gasteiger partial charge in [0.25, 0.3) is 0 Å². The van der Waals surface area contributed by atoms with Gasteiger partial charge in [0.15, 0.2) is 16.6 Å². The zero-order valence-electron chi connectivity index (χ0n) is 15.2. The fourth-order valence-corrected chi connectivity index (χ4v) is 5.44. The maximum absolute atomic E-state index is 9.57. The van der Waals surface area contributed by atoms with E-state index in [1.54, 1.807) is 0 Å². The van der Waals surface area contributed by atoms with Crippen LogP contribution in [0.15, 0.2) is 0 Å². The molecule has 0 bridgehead atoms. The first-order chi connectivity index (χ1) is 9.30. The molecule has 3 nitrogen and oxygen atoms in total. The van der Waals surface area contributed by atoms with Crippen LogP contribution in [0.5, 0.6) is 0 Å². The van der Waals surface area contributed by atoms with Crippen LogP contribution in [0.3, 0.4) is 0 Å². The maximum Gasteiger partial charge on any atom is 0.192 e. The summed E-state index contributed by atoms with van der Waals surface area (Å²) in [6.45, 7) is 17.9. The highest BCUT2D eigenvalue weighted by Gasteiger charge is 2.44. The summed E-state index contributed by atoms with van der Waals surface area (Å²) >= 11 is 0. The summed E-state index contributed by atoms with van der Waals surface area (Å²) in [5, 5.41) is 9.81. The lowest BCUT2D eigenvalue weighted by Gasteiger charge is -2.44. The molecule has 0 amide bonds. The van der Waals surface area contributed by atoms with Gasteiger partial charge in [0.1, 0.15) is 5.60 Å². The van der Waals surface area contributed by atoms with Gasteiger partial charge in [-0.1, -0.05) is 20.8 Å². The van der Waals surface area contributed by atoms with Crippen molar-refractivity contribution in [3.8, 4) is 6.07 Å². The van der Waals surface area contributed by atoms with E-state index in [9.17, 15) is 5.26 Å². The van der Waals surface area contributed by atoms with Crippen LogP contribution in [-0.4, -0.2) is 28.3 Å². The van der Waals surface area contributed by atoms with Gasteiger partial charge in [0, 0.05) is 6.10 Å². The monoisotopic (exact) mass is 327 g/mol. The van der Waals surface area contributed by atoms with Crippen molar-refractivity contribution >= 4 is 16.6 Å². The van der Waals surface area contributed by atoms with E-state index in [1.165, 1.54) is 0 Å². The molecule has 1 aliphatic carbocycles. The lowest BCUT2D eigenvalue weighted by molar-refractivity contribution is 0.0258. The molecule has 0 aromatic carbocycles. The second-order valence-corrected chi connectivity index (χ2v) is 18.1. The van der Waals surface area contributed by atoms with Gasteiger partial charge in [0.05, 0.1) is 6.07 Å². The molecule has 1 rings (SSSR count). The average Bonchev–Trinajstić information content (AvgIpc) is 2.28. The molecule has 21 heavy (non-hydrogen) atoms. The van der Waals surface area contributed by atoms with Crippen molar-refractivity contribution in [1.29, 1.82) is 5.26 Å². The predicted octanol–water partition coefficient (Wildman–Crippen LogP) is 5.06. The first kappa shape index (κ1) is 18.9. The van der Waals surface area contributed by atoms with Crippen molar-refractivity contribution in [2.45, 2.75) is 95.9 Å². The van der Waals surface area contributed by atoms with Crippen LogP contribution >= 0.6 is 0 Å². The minimum Gasteiger partial charge on any atom is -0.414 e.